The summed E-state index contributed by atoms with van der Waals surface area (Å²) in [6.45, 7) is 2.00. The highest BCUT2D eigenvalue weighted by Crippen LogP contribution is 2.28. The maximum atomic E-state index is 12.0. The van der Waals surface area contributed by atoms with Gasteiger partial charge in [-0.15, -0.1) is 0 Å². The zero-order valence-electron chi connectivity index (χ0n) is 16.4. The molecule has 30 heavy (non-hydrogen) atoms. The first-order valence-corrected chi connectivity index (χ1v) is 8.95. The topological polar surface area (TPSA) is 122 Å². The summed E-state index contributed by atoms with van der Waals surface area (Å²) in [5, 5.41) is 14.9. The van der Waals surface area contributed by atoms with E-state index in [4.69, 9.17) is 15.2 Å². The van der Waals surface area contributed by atoms with Gasteiger partial charge in [-0.2, -0.15) is 9.78 Å². The minimum Gasteiger partial charge on any atom is -0.493 e. The van der Waals surface area contributed by atoms with Gasteiger partial charge in [-0.05, 0) is 60.0 Å². The smallest absolute Gasteiger partial charge is 0.273 e. The van der Waals surface area contributed by atoms with Crippen LogP contribution >= 0.6 is 0 Å². The molecule has 0 aliphatic rings. The first-order valence-electron chi connectivity index (χ1n) is 8.95. The van der Waals surface area contributed by atoms with Crippen molar-refractivity contribution in [1.29, 1.82) is 0 Å². The molecule has 3 aromatic rings. The molecule has 0 saturated heterocycles. The number of aromatic nitrogens is 1. The maximum absolute atomic E-state index is 12.0. The van der Waals surface area contributed by atoms with E-state index in [0.29, 0.717) is 17.1 Å². The Kier molecular flexibility index (Phi) is 6.11. The van der Waals surface area contributed by atoms with Gasteiger partial charge >= 0.3 is 0 Å². The molecule has 2 aromatic carbocycles. The van der Waals surface area contributed by atoms with Crippen molar-refractivity contribution in [2.45, 2.75) is 13.5 Å². The molecule has 2 N–H and O–H groups in total. The predicted octanol–water partition coefficient (Wildman–Crippen LogP) is 3.12. The van der Waals surface area contributed by atoms with Crippen molar-refractivity contribution in [3.05, 3.63) is 91.8 Å². The number of nitrogens with two attached hydrogens (primary N) is 1. The normalized spacial score (nSPS) is 10.9. The summed E-state index contributed by atoms with van der Waals surface area (Å²) in [4.78, 5) is 22.3. The highest BCUT2D eigenvalue weighted by molar-refractivity contribution is 5.81. The van der Waals surface area contributed by atoms with Crippen molar-refractivity contribution in [3.8, 4) is 11.5 Å². The third kappa shape index (κ3) is 4.82. The molecule has 0 fully saturated rings. The number of nitro groups is 1. The van der Waals surface area contributed by atoms with Crippen LogP contribution in [0.2, 0.25) is 0 Å². The van der Waals surface area contributed by atoms with Crippen molar-refractivity contribution in [2.75, 3.05) is 12.8 Å². The van der Waals surface area contributed by atoms with Crippen LogP contribution in [0.25, 0.3) is 0 Å². The summed E-state index contributed by atoms with van der Waals surface area (Å²) in [6, 6.07) is 14.4. The fourth-order valence-corrected chi connectivity index (χ4v) is 2.73. The first kappa shape index (κ1) is 20.6. The van der Waals surface area contributed by atoms with Crippen LogP contribution < -0.4 is 20.8 Å². The van der Waals surface area contributed by atoms with E-state index in [1.807, 2.05) is 0 Å². The van der Waals surface area contributed by atoms with Crippen LogP contribution in [0, 0.1) is 17.0 Å². The van der Waals surface area contributed by atoms with Gasteiger partial charge in [0.15, 0.2) is 11.5 Å². The molecule has 1 heterocycles. The van der Waals surface area contributed by atoms with Gasteiger partial charge in [-0.25, -0.2) is 0 Å². The highest BCUT2D eigenvalue weighted by atomic mass is 16.6. The number of benzene rings is 2. The van der Waals surface area contributed by atoms with Gasteiger partial charge in [-0.3, -0.25) is 14.9 Å². The van der Waals surface area contributed by atoms with E-state index in [9.17, 15) is 14.9 Å². The molecule has 0 radical (unpaired) electrons. The Balaban J connectivity index is 1.75. The van der Waals surface area contributed by atoms with Crippen LogP contribution in [0.15, 0.2) is 64.5 Å². The van der Waals surface area contributed by atoms with Crippen LogP contribution in [0.1, 0.15) is 16.7 Å². The van der Waals surface area contributed by atoms with Gasteiger partial charge in [0.1, 0.15) is 12.4 Å². The van der Waals surface area contributed by atoms with E-state index in [1.54, 1.807) is 43.3 Å². The fraction of sp³-hybridized carbons (Fsp3) is 0.143. The number of pyridine rings is 1. The molecule has 9 heteroatoms. The number of nitrogen functional groups attached to an aromatic ring is 1. The van der Waals surface area contributed by atoms with Gasteiger partial charge < -0.3 is 15.2 Å². The van der Waals surface area contributed by atoms with E-state index < -0.39 is 4.92 Å². The molecule has 0 unspecified atom stereocenters. The first-order chi connectivity index (χ1) is 14.4. The minimum atomic E-state index is -0.452. The lowest BCUT2D eigenvalue weighted by atomic mass is 10.2. The molecular formula is C21H20N4O5. The van der Waals surface area contributed by atoms with Gasteiger partial charge in [0, 0.05) is 18.2 Å². The average molecular weight is 408 g/mol. The van der Waals surface area contributed by atoms with Crippen LogP contribution in [0.3, 0.4) is 0 Å². The van der Waals surface area contributed by atoms with E-state index in [2.05, 4.69) is 5.10 Å². The Morgan fingerprint density at radius 1 is 1.13 bits per heavy atom. The van der Waals surface area contributed by atoms with Crippen LogP contribution in [0.4, 0.5) is 11.5 Å². The minimum absolute atomic E-state index is 0.0216. The maximum Gasteiger partial charge on any atom is 0.273 e. The molecule has 0 amide bonds. The number of non-ortho nitro benzene ring substituents is 1. The number of rotatable bonds is 7. The third-order valence-corrected chi connectivity index (χ3v) is 4.23. The second-order valence-electron chi connectivity index (χ2n) is 6.47. The summed E-state index contributed by atoms with van der Waals surface area (Å²) in [6.07, 6.45) is 1.50. The van der Waals surface area contributed by atoms with Crippen molar-refractivity contribution in [2.24, 2.45) is 5.10 Å². The molecule has 0 aliphatic carbocycles. The molecule has 0 aliphatic heterocycles. The van der Waals surface area contributed by atoms with Crippen molar-refractivity contribution in [3.63, 3.8) is 0 Å². The molecule has 9 nitrogen and oxygen atoms in total. The molecule has 0 saturated carbocycles. The zero-order valence-corrected chi connectivity index (χ0v) is 16.4. The SMILES string of the molecule is COc1cc(/C=N\n2c(N)cc(C)cc2=O)ccc1OCc1ccc([N+](=O)[O-])cc1. The lowest BCUT2D eigenvalue weighted by molar-refractivity contribution is -0.384. The summed E-state index contributed by atoms with van der Waals surface area (Å²) in [7, 11) is 1.51. The Morgan fingerprint density at radius 3 is 2.50 bits per heavy atom. The van der Waals surface area contributed by atoms with E-state index in [1.165, 1.54) is 31.5 Å². The van der Waals surface area contributed by atoms with Gasteiger partial charge in [0.25, 0.3) is 11.2 Å². The fourth-order valence-electron chi connectivity index (χ4n) is 2.73. The number of ether oxygens (including phenoxy) is 2. The molecule has 1 aromatic heterocycles. The second-order valence-corrected chi connectivity index (χ2v) is 6.47. The number of anilines is 1. The van der Waals surface area contributed by atoms with Crippen molar-refractivity contribution in [1.82, 2.24) is 4.68 Å². The molecule has 0 spiro atoms. The lowest BCUT2D eigenvalue weighted by Crippen LogP contribution is -2.19. The number of nitrogens with zero attached hydrogens (tertiary/aromatic N) is 3. The molecular weight excluding hydrogens is 388 g/mol. The summed E-state index contributed by atoms with van der Waals surface area (Å²) < 4.78 is 12.2. The number of hydrogen-bond acceptors (Lipinski definition) is 7. The van der Waals surface area contributed by atoms with Crippen LogP contribution in [-0.2, 0) is 6.61 Å². The Morgan fingerprint density at radius 2 is 1.87 bits per heavy atom. The van der Waals surface area contributed by atoms with Gasteiger partial charge in [-0.1, -0.05) is 0 Å². The number of methoxy groups -OCH3 is 1. The van der Waals surface area contributed by atoms with Crippen LogP contribution in [-0.4, -0.2) is 22.9 Å². The summed E-state index contributed by atoms with van der Waals surface area (Å²) in [5.74, 6) is 1.22. The summed E-state index contributed by atoms with van der Waals surface area (Å²) >= 11 is 0. The van der Waals surface area contributed by atoms with E-state index >= 15 is 0 Å². The van der Waals surface area contributed by atoms with Crippen molar-refractivity contribution >= 4 is 17.7 Å². The lowest BCUT2D eigenvalue weighted by Gasteiger charge is -2.11. The summed E-state index contributed by atoms with van der Waals surface area (Å²) in [5.41, 5.74) is 7.78. The molecule has 3 rings (SSSR count). The standard InChI is InChI=1S/C21H20N4O5/c1-14-9-20(22)24(21(26)10-14)23-12-16-5-8-18(19(11-16)29-2)30-13-15-3-6-17(7-4-15)25(27)28/h3-12H,13,22H2,1-2H3/b23-12-. The number of nitro benzene ring substituents is 1. The van der Waals surface area contributed by atoms with E-state index in [-0.39, 0.29) is 23.7 Å². The molecule has 0 bridgehead atoms. The number of aryl methyl sites for hydroxylation is 1. The van der Waals surface area contributed by atoms with Crippen molar-refractivity contribution < 1.29 is 14.4 Å². The monoisotopic (exact) mass is 408 g/mol. The van der Waals surface area contributed by atoms with Crippen LogP contribution in [0.5, 0.6) is 11.5 Å². The highest BCUT2D eigenvalue weighted by Gasteiger charge is 2.08. The Bertz CT molecular complexity index is 1150. The van der Waals surface area contributed by atoms with Gasteiger partial charge in [0.2, 0.25) is 0 Å². The van der Waals surface area contributed by atoms with Gasteiger partial charge in [0.05, 0.1) is 18.2 Å². The van der Waals surface area contributed by atoms with E-state index in [0.717, 1.165) is 15.8 Å². The largest absolute Gasteiger partial charge is 0.493 e. The average Bonchev–Trinajstić information content (AvgIpc) is 2.72. The quantitative estimate of drug-likeness (QED) is 0.364. The Labute approximate surface area is 172 Å². The predicted molar refractivity (Wildman–Crippen MR) is 113 cm³/mol. The number of hydrogen-bond donors (Lipinski definition) is 1. The molecule has 154 valence electrons. The Hall–Kier alpha value is -4.14. The molecule has 0 atom stereocenters. The third-order valence-electron chi connectivity index (χ3n) is 4.23. The second kappa shape index (κ2) is 8.91. The zero-order chi connectivity index (χ0) is 21.7.